The topological polar surface area (TPSA) is 24.9 Å². The lowest BCUT2D eigenvalue weighted by molar-refractivity contribution is 0.544. The lowest BCUT2D eigenvalue weighted by Crippen LogP contribution is -2.18. The van der Waals surface area contributed by atoms with Crippen LogP contribution in [0.2, 0.25) is 5.02 Å². The van der Waals surface area contributed by atoms with E-state index in [1.165, 1.54) is 0 Å². The van der Waals surface area contributed by atoms with Gasteiger partial charge in [0.1, 0.15) is 5.82 Å². The second kappa shape index (κ2) is 5.94. The molecule has 0 fully saturated rings. The molecule has 0 radical (unpaired) electrons. The summed E-state index contributed by atoms with van der Waals surface area (Å²) in [5, 5.41) is 3.42. The van der Waals surface area contributed by atoms with Gasteiger partial charge in [-0.25, -0.2) is 4.39 Å². The Balaban J connectivity index is 2.02. The van der Waals surface area contributed by atoms with Gasteiger partial charge in [0.15, 0.2) is 0 Å². The normalized spacial score (nSPS) is 12.4. The number of pyridine rings is 1. The minimum absolute atomic E-state index is 0.131. The fourth-order valence-electron chi connectivity index (χ4n) is 1.72. The molecule has 0 saturated heterocycles. The van der Waals surface area contributed by atoms with E-state index in [2.05, 4.69) is 10.3 Å². The van der Waals surface area contributed by atoms with Gasteiger partial charge >= 0.3 is 0 Å². The summed E-state index contributed by atoms with van der Waals surface area (Å²) in [5.74, 6) is -0.353. The van der Waals surface area contributed by atoms with Crippen molar-refractivity contribution in [3.05, 3.63) is 64.7 Å². The molecule has 94 valence electrons. The molecule has 0 aliphatic rings. The van der Waals surface area contributed by atoms with Gasteiger partial charge in [0.05, 0.1) is 5.02 Å². The summed E-state index contributed by atoms with van der Waals surface area (Å²) < 4.78 is 13.7. The molecule has 2 rings (SSSR count). The van der Waals surface area contributed by atoms with Gasteiger partial charge < -0.3 is 5.32 Å². The Kier molecular flexibility index (Phi) is 4.28. The van der Waals surface area contributed by atoms with Crippen LogP contribution >= 0.6 is 11.6 Å². The van der Waals surface area contributed by atoms with Gasteiger partial charge in [0.25, 0.3) is 0 Å². The van der Waals surface area contributed by atoms with Crippen LogP contribution in [-0.4, -0.2) is 4.98 Å². The molecule has 2 aromatic rings. The number of halogens is 2. The van der Waals surface area contributed by atoms with Gasteiger partial charge in [-0.1, -0.05) is 23.7 Å². The number of hydrogen-bond donors (Lipinski definition) is 1. The number of rotatable bonds is 4. The Labute approximate surface area is 111 Å². The quantitative estimate of drug-likeness (QED) is 0.910. The smallest absolute Gasteiger partial charge is 0.146 e. The monoisotopic (exact) mass is 264 g/mol. The Morgan fingerprint density at radius 1 is 1.28 bits per heavy atom. The lowest BCUT2D eigenvalue weighted by atomic mass is 10.1. The van der Waals surface area contributed by atoms with E-state index in [0.29, 0.717) is 12.1 Å². The third kappa shape index (κ3) is 3.06. The average Bonchev–Trinajstić information content (AvgIpc) is 2.41. The highest BCUT2D eigenvalue weighted by Crippen LogP contribution is 2.19. The molecule has 0 unspecified atom stereocenters. The number of nitrogens with zero attached hydrogens (tertiary/aromatic N) is 1. The van der Waals surface area contributed by atoms with E-state index in [-0.39, 0.29) is 16.9 Å². The van der Waals surface area contributed by atoms with Gasteiger partial charge in [-0.05, 0) is 30.7 Å². The van der Waals surface area contributed by atoms with E-state index in [0.717, 1.165) is 5.56 Å². The van der Waals surface area contributed by atoms with Crippen molar-refractivity contribution in [1.29, 1.82) is 0 Å². The number of benzene rings is 1. The standard InChI is InChI=1S/C14H14ClFN2/c1-10(11-5-7-17-8-6-11)18-9-12-3-2-4-13(15)14(12)16/h2-8,10,18H,9H2,1H3/t10-/m0/s1. The Bertz CT molecular complexity index is 516. The van der Waals surface area contributed by atoms with E-state index < -0.39 is 0 Å². The van der Waals surface area contributed by atoms with Crippen LogP contribution in [0.25, 0.3) is 0 Å². The van der Waals surface area contributed by atoms with Gasteiger partial charge in [0.2, 0.25) is 0 Å². The summed E-state index contributed by atoms with van der Waals surface area (Å²) in [6.07, 6.45) is 3.49. The van der Waals surface area contributed by atoms with Crippen LogP contribution in [0.1, 0.15) is 24.1 Å². The lowest BCUT2D eigenvalue weighted by Gasteiger charge is -2.14. The molecule has 0 aliphatic heterocycles. The zero-order valence-corrected chi connectivity index (χ0v) is 10.8. The average molecular weight is 265 g/mol. The van der Waals surface area contributed by atoms with Gasteiger partial charge in [-0.15, -0.1) is 0 Å². The summed E-state index contributed by atoms with van der Waals surface area (Å²) >= 11 is 5.74. The highest BCUT2D eigenvalue weighted by molar-refractivity contribution is 6.30. The van der Waals surface area contributed by atoms with Crippen molar-refractivity contribution in [1.82, 2.24) is 10.3 Å². The molecule has 0 amide bonds. The van der Waals surface area contributed by atoms with Crippen LogP contribution in [0.15, 0.2) is 42.7 Å². The van der Waals surface area contributed by atoms with Crippen LogP contribution in [0.5, 0.6) is 0 Å². The fourth-order valence-corrected chi connectivity index (χ4v) is 1.91. The molecular weight excluding hydrogens is 251 g/mol. The molecule has 0 spiro atoms. The zero-order chi connectivity index (χ0) is 13.0. The predicted octanol–water partition coefficient (Wildman–Crippen LogP) is 3.72. The molecule has 4 heteroatoms. The van der Waals surface area contributed by atoms with E-state index >= 15 is 0 Å². The molecule has 18 heavy (non-hydrogen) atoms. The first-order valence-electron chi connectivity index (χ1n) is 5.74. The number of nitrogens with one attached hydrogen (secondary N) is 1. The maximum absolute atomic E-state index is 13.7. The van der Waals surface area contributed by atoms with Gasteiger partial charge in [-0.2, -0.15) is 0 Å². The first-order chi connectivity index (χ1) is 8.68. The second-order valence-corrected chi connectivity index (χ2v) is 4.50. The minimum atomic E-state index is -0.353. The first kappa shape index (κ1) is 13.0. The van der Waals surface area contributed by atoms with Crippen molar-refractivity contribution in [3.8, 4) is 0 Å². The van der Waals surface area contributed by atoms with Gasteiger partial charge in [0, 0.05) is 30.5 Å². The first-order valence-corrected chi connectivity index (χ1v) is 6.12. The number of aromatic nitrogens is 1. The Hall–Kier alpha value is -1.45. The van der Waals surface area contributed by atoms with E-state index in [1.54, 1.807) is 30.6 Å². The molecule has 1 heterocycles. The van der Waals surface area contributed by atoms with E-state index in [4.69, 9.17) is 11.6 Å². The van der Waals surface area contributed by atoms with Crippen molar-refractivity contribution < 1.29 is 4.39 Å². The summed E-state index contributed by atoms with van der Waals surface area (Å²) in [5.41, 5.74) is 1.69. The molecule has 0 bridgehead atoms. The zero-order valence-electron chi connectivity index (χ0n) is 10.0. The minimum Gasteiger partial charge on any atom is -0.306 e. The molecule has 1 aromatic carbocycles. The van der Waals surface area contributed by atoms with Crippen LogP contribution < -0.4 is 5.32 Å². The SMILES string of the molecule is C[C@H](NCc1cccc(Cl)c1F)c1ccncc1. The molecular formula is C14H14ClFN2. The molecule has 0 saturated carbocycles. The molecule has 1 atom stereocenters. The highest BCUT2D eigenvalue weighted by atomic mass is 35.5. The van der Waals surface area contributed by atoms with Crippen LogP contribution in [0.3, 0.4) is 0 Å². The van der Waals surface area contributed by atoms with E-state index in [9.17, 15) is 4.39 Å². The summed E-state index contributed by atoms with van der Waals surface area (Å²) in [6, 6.07) is 9.03. The maximum atomic E-state index is 13.7. The van der Waals surface area contributed by atoms with Crippen molar-refractivity contribution in [2.75, 3.05) is 0 Å². The third-order valence-corrected chi connectivity index (χ3v) is 3.13. The molecule has 1 N–H and O–H groups in total. The van der Waals surface area contributed by atoms with Crippen molar-refractivity contribution in [2.45, 2.75) is 19.5 Å². The molecule has 2 nitrogen and oxygen atoms in total. The van der Waals surface area contributed by atoms with Crippen LogP contribution in [-0.2, 0) is 6.54 Å². The van der Waals surface area contributed by atoms with E-state index in [1.807, 2.05) is 19.1 Å². The van der Waals surface area contributed by atoms with Crippen LogP contribution in [0, 0.1) is 5.82 Å². The van der Waals surface area contributed by atoms with Crippen LogP contribution in [0.4, 0.5) is 4.39 Å². The molecule has 1 aromatic heterocycles. The Morgan fingerprint density at radius 3 is 2.72 bits per heavy atom. The predicted molar refractivity (Wildman–Crippen MR) is 70.9 cm³/mol. The summed E-state index contributed by atoms with van der Waals surface area (Å²) in [6.45, 7) is 2.47. The highest BCUT2D eigenvalue weighted by Gasteiger charge is 2.08. The summed E-state index contributed by atoms with van der Waals surface area (Å²) in [4.78, 5) is 3.97. The third-order valence-electron chi connectivity index (χ3n) is 2.84. The largest absolute Gasteiger partial charge is 0.306 e. The Morgan fingerprint density at radius 2 is 2.00 bits per heavy atom. The van der Waals surface area contributed by atoms with Crippen molar-refractivity contribution in [3.63, 3.8) is 0 Å². The summed E-state index contributed by atoms with van der Waals surface area (Å²) in [7, 11) is 0. The molecule has 0 aliphatic carbocycles. The van der Waals surface area contributed by atoms with Crippen molar-refractivity contribution in [2.24, 2.45) is 0 Å². The second-order valence-electron chi connectivity index (χ2n) is 4.10. The number of hydrogen-bond acceptors (Lipinski definition) is 2. The van der Waals surface area contributed by atoms with Gasteiger partial charge in [-0.3, -0.25) is 4.98 Å². The van der Waals surface area contributed by atoms with Crippen molar-refractivity contribution >= 4 is 11.6 Å². The fraction of sp³-hybridized carbons (Fsp3) is 0.214. The maximum Gasteiger partial charge on any atom is 0.146 e.